The minimum absolute atomic E-state index is 0.492. The third-order valence-electron chi connectivity index (χ3n) is 3.06. The van der Waals surface area contributed by atoms with Crippen LogP contribution in [0.15, 0.2) is 5.38 Å². The van der Waals surface area contributed by atoms with Crippen LogP contribution in [-0.2, 0) is 19.5 Å². The number of nitrogens with two attached hydrogens (primary N) is 1. The van der Waals surface area contributed by atoms with Crippen molar-refractivity contribution >= 4 is 11.3 Å². The molecule has 0 radical (unpaired) electrons. The molecular weight excluding hydrogens is 234 g/mol. The largest absolute Gasteiger partial charge is 0.325 e. The first-order chi connectivity index (χ1) is 8.38. The Morgan fingerprint density at radius 1 is 1.29 bits per heavy atom. The van der Waals surface area contributed by atoms with Crippen LogP contribution >= 0.6 is 11.3 Å². The predicted molar refractivity (Wildman–Crippen MR) is 66.6 cm³/mol. The molecule has 2 N–H and O–H groups in total. The van der Waals surface area contributed by atoms with Crippen LogP contribution in [0.1, 0.15) is 30.1 Å². The van der Waals surface area contributed by atoms with Gasteiger partial charge in [-0.2, -0.15) is 0 Å². The van der Waals surface area contributed by atoms with E-state index >= 15 is 0 Å². The third kappa shape index (κ3) is 1.98. The highest BCUT2D eigenvalue weighted by Gasteiger charge is 2.17. The van der Waals surface area contributed by atoms with Gasteiger partial charge in [0.1, 0.15) is 16.5 Å². The number of thiazole rings is 1. The molecule has 0 atom stereocenters. The maximum Gasteiger partial charge on any atom is 0.183 e. The summed E-state index contributed by atoms with van der Waals surface area (Å²) in [5.74, 6) is 2.00. The molecule has 2 aromatic heterocycles. The van der Waals surface area contributed by atoms with Crippen LogP contribution < -0.4 is 5.73 Å². The lowest BCUT2D eigenvalue weighted by atomic mass is 10.2. The van der Waals surface area contributed by atoms with Gasteiger partial charge in [0.25, 0.3) is 0 Å². The highest BCUT2D eigenvalue weighted by Crippen LogP contribution is 2.23. The molecule has 0 amide bonds. The van der Waals surface area contributed by atoms with E-state index in [1.165, 1.54) is 19.3 Å². The summed E-state index contributed by atoms with van der Waals surface area (Å²) in [6.45, 7) is 1.50. The van der Waals surface area contributed by atoms with Crippen molar-refractivity contribution in [1.82, 2.24) is 19.7 Å². The van der Waals surface area contributed by atoms with Gasteiger partial charge in [0.05, 0.1) is 0 Å². The zero-order valence-corrected chi connectivity index (χ0v) is 10.4. The Morgan fingerprint density at radius 3 is 3.06 bits per heavy atom. The van der Waals surface area contributed by atoms with E-state index in [2.05, 4.69) is 19.7 Å². The molecular formula is C11H15N5S. The number of aryl methyl sites for hydroxylation is 1. The Kier molecular flexibility index (Phi) is 2.90. The van der Waals surface area contributed by atoms with Crippen molar-refractivity contribution < 1.29 is 0 Å². The summed E-state index contributed by atoms with van der Waals surface area (Å²) < 4.78 is 2.21. The summed E-state index contributed by atoms with van der Waals surface area (Å²) in [6, 6.07) is 0. The van der Waals surface area contributed by atoms with Gasteiger partial charge in [0.2, 0.25) is 0 Å². The van der Waals surface area contributed by atoms with Crippen LogP contribution in [0.2, 0.25) is 0 Å². The fraction of sp³-hybridized carbons (Fsp3) is 0.545. The third-order valence-corrected chi connectivity index (χ3v) is 3.94. The predicted octanol–water partition coefficient (Wildman–Crippen LogP) is 1.59. The van der Waals surface area contributed by atoms with E-state index in [1.54, 1.807) is 11.3 Å². The molecule has 90 valence electrons. The zero-order valence-electron chi connectivity index (χ0n) is 9.59. The lowest BCUT2D eigenvalue weighted by molar-refractivity contribution is 0.636. The Bertz CT molecular complexity index is 516. The van der Waals surface area contributed by atoms with Crippen LogP contribution in [0.5, 0.6) is 0 Å². The fourth-order valence-corrected chi connectivity index (χ4v) is 2.83. The summed E-state index contributed by atoms with van der Waals surface area (Å²) in [5.41, 5.74) is 6.50. The summed E-state index contributed by atoms with van der Waals surface area (Å²) in [5, 5.41) is 11.5. The second-order valence-corrected chi connectivity index (χ2v) is 5.18. The first kappa shape index (κ1) is 10.9. The molecule has 0 saturated carbocycles. The van der Waals surface area contributed by atoms with Gasteiger partial charge in [-0.15, -0.1) is 21.5 Å². The standard InChI is InChI=1S/C11H15N5S/c12-6-10-13-8(7-17-10)11-15-14-9-4-2-1-3-5-16(9)11/h7H,1-6,12H2. The number of fused-ring (bicyclic) bond motifs is 1. The minimum Gasteiger partial charge on any atom is -0.325 e. The van der Waals surface area contributed by atoms with Gasteiger partial charge in [-0.05, 0) is 12.8 Å². The molecule has 0 spiro atoms. The molecule has 3 rings (SSSR count). The summed E-state index contributed by atoms with van der Waals surface area (Å²) in [7, 11) is 0. The van der Waals surface area contributed by atoms with Crippen molar-refractivity contribution in [3.63, 3.8) is 0 Å². The highest BCUT2D eigenvalue weighted by atomic mass is 32.1. The summed E-state index contributed by atoms with van der Waals surface area (Å²) >= 11 is 1.59. The molecule has 0 unspecified atom stereocenters. The van der Waals surface area contributed by atoms with E-state index in [4.69, 9.17) is 5.73 Å². The quantitative estimate of drug-likeness (QED) is 0.877. The molecule has 17 heavy (non-hydrogen) atoms. The van der Waals surface area contributed by atoms with Crippen molar-refractivity contribution in [3.8, 4) is 11.5 Å². The zero-order chi connectivity index (χ0) is 11.7. The smallest absolute Gasteiger partial charge is 0.183 e. The molecule has 0 bridgehead atoms. The Labute approximate surface area is 104 Å². The van der Waals surface area contributed by atoms with Crippen LogP contribution in [-0.4, -0.2) is 19.7 Å². The number of rotatable bonds is 2. The molecule has 0 saturated heterocycles. The van der Waals surface area contributed by atoms with E-state index < -0.39 is 0 Å². The molecule has 2 aromatic rings. The van der Waals surface area contributed by atoms with Crippen LogP contribution in [0.4, 0.5) is 0 Å². The topological polar surface area (TPSA) is 69.6 Å². The van der Waals surface area contributed by atoms with Gasteiger partial charge < -0.3 is 10.3 Å². The average Bonchev–Trinajstić information content (AvgIpc) is 2.90. The van der Waals surface area contributed by atoms with Gasteiger partial charge in [-0.1, -0.05) is 6.42 Å². The molecule has 0 aromatic carbocycles. The first-order valence-electron chi connectivity index (χ1n) is 5.95. The number of nitrogens with zero attached hydrogens (tertiary/aromatic N) is 4. The van der Waals surface area contributed by atoms with E-state index in [0.717, 1.165) is 35.3 Å². The van der Waals surface area contributed by atoms with E-state index in [9.17, 15) is 0 Å². The Hall–Kier alpha value is -1.27. The van der Waals surface area contributed by atoms with E-state index in [1.807, 2.05) is 5.38 Å². The van der Waals surface area contributed by atoms with Crippen LogP contribution in [0, 0.1) is 0 Å². The van der Waals surface area contributed by atoms with E-state index in [0.29, 0.717) is 6.54 Å². The first-order valence-corrected chi connectivity index (χ1v) is 6.83. The average molecular weight is 249 g/mol. The molecule has 1 aliphatic rings. The molecule has 0 fully saturated rings. The monoisotopic (exact) mass is 249 g/mol. The molecule has 3 heterocycles. The second-order valence-electron chi connectivity index (χ2n) is 4.23. The summed E-state index contributed by atoms with van der Waals surface area (Å²) in [4.78, 5) is 4.48. The molecule has 6 heteroatoms. The van der Waals surface area contributed by atoms with Crippen molar-refractivity contribution in [1.29, 1.82) is 0 Å². The number of aromatic nitrogens is 4. The fourth-order valence-electron chi connectivity index (χ4n) is 2.18. The Morgan fingerprint density at radius 2 is 2.24 bits per heavy atom. The SMILES string of the molecule is NCc1nc(-c2nnc3n2CCCCC3)cs1. The van der Waals surface area contributed by atoms with Crippen molar-refractivity contribution in [3.05, 3.63) is 16.2 Å². The maximum atomic E-state index is 5.58. The summed E-state index contributed by atoms with van der Waals surface area (Å²) in [6.07, 6.45) is 4.71. The van der Waals surface area contributed by atoms with Gasteiger partial charge in [-0.25, -0.2) is 4.98 Å². The number of hydrogen-bond donors (Lipinski definition) is 1. The molecule has 5 nitrogen and oxygen atoms in total. The van der Waals surface area contributed by atoms with Crippen molar-refractivity contribution in [2.45, 2.75) is 38.8 Å². The second kappa shape index (κ2) is 4.54. The van der Waals surface area contributed by atoms with Gasteiger partial charge in [-0.3, -0.25) is 0 Å². The Balaban J connectivity index is 2.00. The van der Waals surface area contributed by atoms with Crippen LogP contribution in [0.25, 0.3) is 11.5 Å². The van der Waals surface area contributed by atoms with Gasteiger partial charge >= 0.3 is 0 Å². The molecule has 0 aliphatic carbocycles. The van der Waals surface area contributed by atoms with Gasteiger partial charge in [0.15, 0.2) is 5.82 Å². The molecule has 1 aliphatic heterocycles. The van der Waals surface area contributed by atoms with E-state index in [-0.39, 0.29) is 0 Å². The highest BCUT2D eigenvalue weighted by molar-refractivity contribution is 7.09. The normalized spacial score (nSPS) is 15.6. The van der Waals surface area contributed by atoms with Crippen molar-refractivity contribution in [2.75, 3.05) is 0 Å². The van der Waals surface area contributed by atoms with Gasteiger partial charge in [0, 0.05) is 24.9 Å². The van der Waals surface area contributed by atoms with Crippen LogP contribution in [0.3, 0.4) is 0 Å². The minimum atomic E-state index is 0.492. The number of hydrogen-bond acceptors (Lipinski definition) is 5. The lowest BCUT2D eigenvalue weighted by Crippen LogP contribution is -2.03. The maximum absolute atomic E-state index is 5.58. The lowest BCUT2D eigenvalue weighted by Gasteiger charge is -2.04. The van der Waals surface area contributed by atoms with Crippen molar-refractivity contribution in [2.24, 2.45) is 5.73 Å².